The summed E-state index contributed by atoms with van der Waals surface area (Å²) in [6, 6.07) is 8.60. The van der Waals surface area contributed by atoms with Gasteiger partial charge in [0.05, 0.1) is 12.6 Å². The summed E-state index contributed by atoms with van der Waals surface area (Å²) in [5.74, 6) is -0.843. The van der Waals surface area contributed by atoms with E-state index in [-0.39, 0.29) is 42.0 Å². The number of nitrogens with zero attached hydrogens (tertiary/aromatic N) is 4. The van der Waals surface area contributed by atoms with Crippen molar-refractivity contribution in [2.24, 2.45) is 5.92 Å². The molecule has 9 heteroatoms. The van der Waals surface area contributed by atoms with Gasteiger partial charge in [0.15, 0.2) is 5.78 Å². The highest BCUT2D eigenvalue weighted by Crippen LogP contribution is 2.31. The van der Waals surface area contributed by atoms with Gasteiger partial charge in [-0.25, -0.2) is 0 Å². The van der Waals surface area contributed by atoms with Gasteiger partial charge in [-0.1, -0.05) is 13.8 Å². The number of hydrogen-bond acceptors (Lipinski definition) is 6. The zero-order chi connectivity index (χ0) is 26.0. The fourth-order valence-corrected chi connectivity index (χ4v) is 5.04. The number of amides is 3. The number of nitrogens with one attached hydrogen (secondary N) is 1. The van der Waals surface area contributed by atoms with Crippen LogP contribution in [0.15, 0.2) is 48.8 Å². The maximum absolute atomic E-state index is 13.7. The number of aromatic nitrogens is 1. The van der Waals surface area contributed by atoms with E-state index in [9.17, 15) is 19.2 Å². The standard InChI is InChI=1S/C27H33N5O4/c1-17(2)15-21(29-25(34)18-5-7-20(8-6-18)30(3)4)27(36)31-14-11-22-24(31)23(33)16-32(22)26(35)19-9-12-28-13-10-19/h5-10,12-13,17,21-22,24H,11,14-16H2,1-4H3,(H,29,34)/t21-,22?,24?/m0/s1. The summed E-state index contributed by atoms with van der Waals surface area (Å²) in [5, 5.41) is 2.90. The molecule has 3 atom stereocenters. The van der Waals surface area contributed by atoms with Gasteiger partial charge in [0.25, 0.3) is 11.8 Å². The van der Waals surface area contributed by atoms with Crippen LogP contribution in [0.3, 0.4) is 0 Å². The largest absolute Gasteiger partial charge is 0.378 e. The second kappa shape index (κ2) is 10.5. The van der Waals surface area contributed by atoms with Gasteiger partial charge in [0.2, 0.25) is 5.91 Å². The number of carbonyl (C=O) groups is 4. The second-order valence-corrected chi connectivity index (χ2v) is 10.1. The summed E-state index contributed by atoms with van der Waals surface area (Å²) in [6.45, 7) is 4.31. The van der Waals surface area contributed by atoms with Crippen molar-refractivity contribution in [3.8, 4) is 0 Å². The van der Waals surface area contributed by atoms with Crippen molar-refractivity contribution in [3.63, 3.8) is 0 Å². The van der Waals surface area contributed by atoms with Gasteiger partial charge in [-0.3, -0.25) is 24.2 Å². The van der Waals surface area contributed by atoms with E-state index in [1.807, 2.05) is 45.0 Å². The van der Waals surface area contributed by atoms with Gasteiger partial charge >= 0.3 is 0 Å². The molecule has 2 aliphatic rings. The van der Waals surface area contributed by atoms with Crippen molar-refractivity contribution >= 4 is 29.2 Å². The molecular formula is C27H33N5O4. The number of Topliss-reactive ketones (excluding diaryl/α,β-unsaturated/α-hetero) is 1. The molecule has 4 rings (SSSR count). The molecule has 2 aliphatic heterocycles. The van der Waals surface area contributed by atoms with Crippen LogP contribution < -0.4 is 10.2 Å². The Morgan fingerprint density at radius 3 is 2.31 bits per heavy atom. The fourth-order valence-electron chi connectivity index (χ4n) is 5.04. The van der Waals surface area contributed by atoms with E-state index in [0.717, 1.165) is 5.69 Å². The summed E-state index contributed by atoms with van der Waals surface area (Å²) < 4.78 is 0. The first kappa shape index (κ1) is 25.3. The average molecular weight is 492 g/mol. The minimum absolute atomic E-state index is 0.0281. The summed E-state index contributed by atoms with van der Waals surface area (Å²) in [5.41, 5.74) is 1.90. The van der Waals surface area contributed by atoms with Crippen LogP contribution in [0.4, 0.5) is 5.69 Å². The summed E-state index contributed by atoms with van der Waals surface area (Å²) in [4.78, 5) is 61.7. The number of anilines is 1. The van der Waals surface area contributed by atoms with Crippen LogP contribution in [0.2, 0.25) is 0 Å². The molecule has 2 fully saturated rings. The predicted octanol–water partition coefficient (Wildman–Crippen LogP) is 1.99. The van der Waals surface area contributed by atoms with Gasteiger partial charge < -0.3 is 20.0 Å². The van der Waals surface area contributed by atoms with Gasteiger partial charge in [0.1, 0.15) is 12.1 Å². The van der Waals surface area contributed by atoms with Crippen molar-refractivity contribution in [2.45, 2.75) is 44.8 Å². The molecule has 2 unspecified atom stereocenters. The number of fused-ring (bicyclic) bond motifs is 1. The normalized spacial score (nSPS) is 19.9. The number of pyridine rings is 1. The lowest BCUT2D eigenvalue weighted by molar-refractivity contribution is -0.138. The molecule has 2 saturated heterocycles. The highest BCUT2D eigenvalue weighted by molar-refractivity contribution is 6.03. The van der Waals surface area contributed by atoms with Crippen LogP contribution in [0, 0.1) is 5.92 Å². The number of rotatable bonds is 7. The van der Waals surface area contributed by atoms with Crippen molar-refractivity contribution < 1.29 is 19.2 Å². The van der Waals surface area contributed by atoms with Crippen molar-refractivity contribution in [1.29, 1.82) is 0 Å². The van der Waals surface area contributed by atoms with Gasteiger partial charge in [-0.2, -0.15) is 0 Å². The second-order valence-electron chi connectivity index (χ2n) is 10.1. The Labute approximate surface area is 211 Å². The molecule has 190 valence electrons. The van der Waals surface area contributed by atoms with E-state index in [1.165, 1.54) is 0 Å². The van der Waals surface area contributed by atoms with Crippen LogP contribution in [0.25, 0.3) is 0 Å². The summed E-state index contributed by atoms with van der Waals surface area (Å²) >= 11 is 0. The highest BCUT2D eigenvalue weighted by atomic mass is 16.2. The SMILES string of the molecule is CC(C)C[C@H](NC(=O)c1ccc(N(C)C)cc1)C(=O)N1CCC2C1C(=O)CN2C(=O)c1ccncc1. The Hall–Kier alpha value is -3.75. The van der Waals surface area contributed by atoms with Crippen LogP contribution in [-0.2, 0) is 9.59 Å². The predicted molar refractivity (Wildman–Crippen MR) is 136 cm³/mol. The molecule has 3 heterocycles. The van der Waals surface area contributed by atoms with E-state index < -0.39 is 12.1 Å². The van der Waals surface area contributed by atoms with Crippen LogP contribution in [0.5, 0.6) is 0 Å². The first-order valence-electron chi connectivity index (χ1n) is 12.3. The van der Waals surface area contributed by atoms with Gasteiger partial charge in [0, 0.05) is 49.8 Å². The van der Waals surface area contributed by atoms with Gasteiger partial charge in [-0.05, 0) is 55.2 Å². The zero-order valence-electron chi connectivity index (χ0n) is 21.2. The lowest BCUT2D eigenvalue weighted by Gasteiger charge is -2.29. The summed E-state index contributed by atoms with van der Waals surface area (Å²) in [6.07, 6.45) is 4.05. The Morgan fingerprint density at radius 1 is 1.03 bits per heavy atom. The Bertz CT molecular complexity index is 1130. The topological polar surface area (TPSA) is 103 Å². The molecule has 1 aromatic carbocycles. The third-order valence-corrected chi connectivity index (χ3v) is 6.85. The van der Waals surface area contributed by atoms with Gasteiger partial charge in [-0.15, -0.1) is 0 Å². The summed E-state index contributed by atoms with van der Waals surface area (Å²) in [7, 11) is 3.84. The van der Waals surface area contributed by atoms with E-state index in [0.29, 0.717) is 30.5 Å². The molecule has 0 spiro atoms. The lowest BCUT2D eigenvalue weighted by Crippen LogP contribution is -2.53. The maximum Gasteiger partial charge on any atom is 0.254 e. The molecule has 36 heavy (non-hydrogen) atoms. The molecule has 3 amide bonds. The van der Waals surface area contributed by atoms with Crippen molar-refractivity contribution in [2.75, 3.05) is 32.1 Å². The minimum atomic E-state index is -0.762. The number of carbonyl (C=O) groups excluding carboxylic acids is 4. The number of benzene rings is 1. The third-order valence-electron chi connectivity index (χ3n) is 6.85. The Kier molecular flexibility index (Phi) is 7.37. The van der Waals surface area contributed by atoms with Crippen molar-refractivity contribution in [3.05, 3.63) is 59.9 Å². The Balaban J connectivity index is 1.50. The maximum atomic E-state index is 13.7. The molecule has 0 radical (unpaired) electrons. The molecule has 1 aromatic heterocycles. The molecule has 0 saturated carbocycles. The van der Waals surface area contributed by atoms with Crippen LogP contribution in [-0.4, -0.2) is 83.6 Å². The molecule has 0 bridgehead atoms. The van der Waals surface area contributed by atoms with E-state index in [4.69, 9.17) is 0 Å². The highest BCUT2D eigenvalue weighted by Gasteiger charge is 2.52. The monoisotopic (exact) mass is 491 g/mol. The fraction of sp³-hybridized carbons (Fsp3) is 0.444. The van der Waals surface area contributed by atoms with E-state index in [2.05, 4.69) is 10.3 Å². The molecule has 1 N–H and O–H groups in total. The van der Waals surface area contributed by atoms with Crippen molar-refractivity contribution in [1.82, 2.24) is 20.1 Å². The van der Waals surface area contributed by atoms with Crippen LogP contribution in [0.1, 0.15) is 47.4 Å². The third kappa shape index (κ3) is 5.10. The first-order chi connectivity index (χ1) is 17.2. The van der Waals surface area contributed by atoms with Crippen LogP contribution >= 0.6 is 0 Å². The zero-order valence-corrected chi connectivity index (χ0v) is 21.2. The lowest BCUT2D eigenvalue weighted by atomic mass is 10.0. The number of ketones is 1. The Morgan fingerprint density at radius 2 is 1.69 bits per heavy atom. The smallest absolute Gasteiger partial charge is 0.254 e. The quantitative estimate of drug-likeness (QED) is 0.636. The molecular weight excluding hydrogens is 458 g/mol. The molecule has 0 aliphatic carbocycles. The van der Waals surface area contributed by atoms with E-state index in [1.54, 1.807) is 46.5 Å². The molecule has 2 aromatic rings. The number of likely N-dealkylation sites (tertiary alicyclic amines) is 2. The van der Waals surface area contributed by atoms with E-state index >= 15 is 0 Å². The molecule has 9 nitrogen and oxygen atoms in total. The average Bonchev–Trinajstić information content (AvgIpc) is 3.44. The minimum Gasteiger partial charge on any atom is -0.378 e. The number of hydrogen-bond donors (Lipinski definition) is 1. The first-order valence-corrected chi connectivity index (χ1v) is 12.3.